The zero-order valence-electron chi connectivity index (χ0n) is 12.7. The monoisotopic (exact) mass is 263 g/mol. The van der Waals surface area contributed by atoms with E-state index in [0.29, 0.717) is 0 Å². The number of rotatable bonds is 2. The summed E-state index contributed by atoms with van der Waals surface area (Å²) < 4.78 is 0. The van der Waals surface area contributed by atoms with E-state index in [1.165, 1.54) is 6.42 Å². The summed E-state index contributed by atoms with van der Waals surface area (Å²) in [6.45, 7) is 7.35. The van der Waals surface area contributed by atoms with Crippen molar-refractivity contribution in [3.63, 3.8) is 0 Å². The summed E-state index contributed by atoms with van der Waals surface area (Å²) in [5.41, 5.74) is 2.20. The fourth-order valence-electron chi connectivity index (χ4n) is 2.59. The second-order valence-corrected chi connectivity index (χ2v) is 5.50. The molecule has 1 saturated heterocycles. The van der Waals surface area contributed by atoms with Crippen LogP contribution in [0.5, 0.6) is 0 Å². The van der Waals surface area contributed by atoms with E-state index in [4.69, 9.17) is 9.97 Å². The smallest absolute Gasteiger partial charge is 0.149 e. The number of nitrogens with one attached hydrogen (secondary N) is 1. The van der Waals surface area contributed by atoms with Gasteiger partial charge in [-0.15, -0.1) is 0 Å². The molecular weight excluding hydrogens is 238 g/mol. The minimum Gasteiger partial charge on any atom is -0.373 e. The molecule has 0 spiro atoms. The number of likely N-dealkylation sites (N-methyl/N-ethyl adjacent to an activating group) is 2. The van der Waals surface area contributed by atoms with Gasteiger partial charge in [-0.1, -0.05) is 0 Å². The second kappa shape index (κ2) is 5.84. The third-order valence-corrected chi connectivity index (χ3v) is 4.01. The highest BCUT2D eigenvalue weighted by molar-refractivity contribution is 5.45. The van der Waals surface area contributed by atoms with Crippen LogP contribution in [0.3, 0.4) is 0 Å². The van der Waals surface area contributed by atoms with Crippen molar-refractivity contribution >= 4 is 5.82 Å². The van der Waals surface area contributed by atoms with E-state index in [-0.39, 0.29) is 6.04 Å². The first-order chi connectivity index (χ1) is 9.02. The molecule has 5 heteroatoms. The summed E-state index contributed by atoms with van der Waals surface area (Å²) in [7, 11) is 6.26. The predicted octanol–water partition coefficient (Wildman–Crippen LogP) is 1.44. The summed E-state index contributed by atoms with van der Waals surface area (Å²) in [5, 5.41) is 3.17. The third-order valence-electron chi connectivity index (χ3n) is 4.01. The van der Waals surface area contributed by atoms with Gasteiger partial charge in [0.05, 0.1) is 6.04 Å². The first-order valence-electron chi connectivity index (χ1n) is 6.94. The van der Waals surface area contributed by atoms with Crippen molar-refractivity contribution in [2.45, 2.75) is 26.3 Å². The molecule has 1 aromatic heterocycles. The van der Waals surface area contributed by atoms with Crippen LogP contribution in [0.1, 0.15) is 29.5 Å². The van der Waals surface area contributed by atoms with Crippen LogP contribution in [0.15, 0.2) is 0 Å². The highest BCUT2D eigenvalue weighted by Gasteiger charge is 2.25. The molecule has 0 aromatic carbocycles. The first kappa shape index (κ1) is 14.2. The van der Waals surface area contributed by atoms with Gasteiger partial charge in [0, 0.05) is 24.8 Å². The number of nitrogens with zero attached hydrogens (tertiary/aromatic N) is 4. The van der Waals surface area contributed by atoms with Gasteiger partial charge >= 0.3 is 0 Å². The highest BCUT2D eigenvalue weighted by Crippen LogP contribution is 2.23. The van der Waals surface area contributed by atoms with Gasteiger partial charge < -0.3 is 10.2 Å². The highest BCUT2D eigenvalue weighted by atomic mass is 15.2. The number of hydrogen-bond donors (Lipinski definition) is 1. The van der Waals surface area contributed by atoms with E-state index in [1.54, 1.807) is 0 Å². The van der Waals surface area contributed by atoms with Gasteiger partial charge in [0.2, 0.25) is 0 Å². The Bertz CT molecular complexity index is 446. The predicted molar refractivity (Wildman–Crippen MR) is 78.5 cm³/mol. The van der Waals surface area contributed by atoms with Crippen molar-refractivity contribution in [1.29, 1.82) is 0 Å². The SMILES string of the molecule is CNc1nc(C2CN(C)CCCN2C)nc(C)c1C. The molecule has 1 atom stereocenters. The molecule has 1 aliphatic rings. The quantitative estimate of drug-likeness (QED) is 0.875. The normalized spacial score (nSPS) is 22.3. The molecule has 0 radical (unpaired) electrons. The lowest BCUT2D eigenvalue weighted by Gasteiger charge is -2.27. The Kier molecular flexibility index (Phi) is 4.37. The molecule has 1 aromatic rings. The summed E-state index contributed by atoms with van der Waals surface area (Å²) in [5.74, 6) is 1.88. The minimum absolute atomic E-state index is 0.277. The Hall–Kier alpha value is -1.20. The molecule has 19 heavy (non-hydrogen) atoms. The average Bonchev–Trinajstić information content (AvgIpc) is 2.54. The van der Waals surface area contributed by atoms with Gasteiger partial charge in [-0.2, -0.15) is 0 Å². The average molecular weight is 263 g/mol. The fraction of sp³-hybridized carbons (Fsp3) is 0.714. The lowest BCUT2D eigenvalue weighted by atomic mass is 10.2. The molecule has 106 valence electrons. The number of hydrogen-bond acceptors (Lipinski definition) is 5. The number of anilines is 1. The lowest BCUT2D eigenvalue weighted by molar-refractivity contribution is 0.219. The molecule has 5 nitrogen and oxygen atoms in total. The van der Waals surface area contributed by atoms with Gasteiger partial charge in [0.1, 0.15) is 11.6 Å². The Labute approximate surface area is 116 Å². The number of aryl methyl sites for hydroxylation is 1. The molecule has 0 saturated carbocycles. The zero-order chi connectivity index (χ0) is 14.0. The van der Waals surface area contributed by atoms with Crippen molar-refractivity contribution < 1.29 is 0 Å². The van der Waals surface area contributed by atoms with Crippen LogP contribution in [-0.2, 0) is 0 Å². The van der Waals surface area contributed by atoms with Crippen LogP contribution in [0.2, 0.25) is 0 Å². The summed E-state index contributed by atoms with van der Waals surface area (Å²) in [4.78, 5) is 14.2. The summed E-state index contributed by atoms with van der Waals surface area (Å²) in [6, 6.07) is 0.277. The second-order valence-electron chi connectivity index (χ2n) is 5.50. The maximum absolute atomic E-state index is 4.71. The van der Waals surface area contributed by atoms with Crippen LogP contribution in [0.4, 0.5) is 5.82 Å². The van der Waals surface area contributed by atoms with E-state index >= 15 is 0 Å². The maximum Gasteiger partial charge on any atom is 0.149 e. The van der Waals surface area contributed by atoms with E-state index in [1.807, 2.05) is 7.05 Å². The Morgan fingerprint density at radius 1 is 1.16 bits per heavy atom. The lowest BCUT2D eigenvalue weighted by Crippen LogP contribution is -2.32. The Morgan fingerprint density at radius 2 is 1.89 bits per heavy atom. The van der Waals surface area contributed by atoms with Crippen molar-refractivity contribution in [1.82, 2.24) is 19.8 Å². The minimum atomic E-state index is 0.277. The van der Waals surface area contributed by atoms with E-state index < -0.39 is 0 Å². The maximum atomic E-state index is 4.71. The molecule has 1 N–H and O–H groups in total. The fourth-order valence-corrected chi connectivity index (χ4v) is 2.59. The topological polar surface area (TPSA) is 44.3 Å². The van der Waals surface area contributed by atoms with Crippen molar-refractivity contribution in [2.75, 3.05) is 46.1 Å². The Morgan fingerprint density at radius 3 is 2.58 bits per heavy atom. The molecule has 0 aliphatic carbocycles. The van der Waals surface area contributed by atoms with Crippen LogP contribution in [0.25, 0.3) is 0 Å². The van der Waals surface area contributed by atoms with Gasteiger partial charge in [0.25, 0.3) is 0 Å². The largest absolute Gasteiger partial charge is 0.373 e. The van der Waals surface area contributed by atoms with Crippen molar-refractivity contribution in [3.05, 3.63) is 17.1 Å². The summed E-state index contributed by atoms with van der Waals surface area (Å²) in [6.07, 6.45) is 1.20. The van der Waals surface area contributed by atoms with Gasteiger partial charge in [-0.25, -0.2) is 9.97 Å². The molecule has 1 aliphatic heterocycles. The molecule has 0 bridgehead atoms. The zero-order valence-corrected chi connectivity index (χ0v) is 12.7. The molecular formula is C14H25N5. The number of aromatic nitrogens is 2. The van der Waals surface area contributed by atoms with Gasteiger partial charge in [0.15, 0.2) is 0 Å². The van der Waals surface area contributed by atoms with Gasteiger partial charge in [-0.3, -0.25) is 4.90 Å². The van der Waals surface area contributed by atoms with E-state index in [9.17, 15) is 0 Å². The van der Waals surface area contributed by atoms with Gasteiger partial charge in [-0.05, 0) is 47.5 Å². The molecule has 2 heterocycles. The van der Waals surface area contributed by atoms with Crippen molar-refractivity contribution in [2.24, 2.45) is 0 Å². The van der Waals surface area contributed by atoms with Crippen LogP contribution >= 0.6 is 0 Å². The Balaban J connectivity index is 2.36. The summed E-state index contributed by atoms with van der Waals surface area (Å²) >= 11 is 0. The van der Waals surface area contributed by atoms with Crippen LogP contribution in [-0.4, -0.2) is 60.5 Å². The van der Waals surface area contributed by atoms with E-state index in [0.717, 1.165) is 42.5 Å². The first-order valence-corrected chi connectivity index (χ1v) is 6.94. The standard InChI is InChI=1S/C14H25N5/c1-10-11(2)16-14(17-13(10)15-3)12-9-18(4)7-6-8-19(12)5/h12H,6-9H2,1-5H3,(H,15,16,17). The van der Waals surface area contributed by atoms with Crippen LogP contribution in [0, 0.1) is 13.8 Å². The third kappa shape index (κ3) is 3.04. The molecule has 1 unspecified atom stereocenters. The van der Waals surface area contributed by atoms with Crippen molar-refractivity contribution in [3.8, 4) is 0 Å². The molecule has 1 fully saturated rings. The van der Waals surface area contributed by atoms with E-state index in [2.05, 4.69) is 43.1 Å². The molecule has 0 amide bonds. The molecule has 2 rings (SSSR count). The van der Waals surface area contributed by atoms with Crippen LogP contribution < -0.4 is 5.32 Å².